The zero-order valence-corrected chi connectivity index (χ0v) is 14.4. The van der Waals surface area contributed by atoms with Gasteiger partial charge in [0.2, 0.25) is 0 Å². The maximum absolute atomic E-state index is 11.5. The van der Waals surface area contributed by atoms with Crippen molar-refractivity contribution in [1.29, 1.82) is 0 Å². The lowest BCUT2D eigenvalue weighted by Gasteiger charge is -2.09. The Morgan fingerprint density at radius 1 is 1.24 bits per heavy atom. The van der Waals surface area contributed by atoms with Crippen LogP contribution in [0, 0.1) is 6.92 Å². The summed E-state index contributed by atoms with van der Waals surface area (Å²) in [5.41, 5.74) is 4.53. The average Bonchev–Trinajstić information content (AvgIpc) is 2.92. The van der Waals surface area contributed by atoms with Crippen LogP contribution in [0.15, 0.2) is 42.6 Å². The average molecular weight is 338 g/mol. The van der Waals surface area contributed by atoms with E-state index in [-0.39, 0.29) is 11.8 Å². The van der Waals surface area contributed by atoms with E-state index >= 15 is 0 Å². The minimum absolute atomic E-state index is 0.0653. The van der Waals surface area contributed by atoms with Crippen LogP contribution in [0.5, 0.6) is 5.75 Å². The van der Waals surface area contributed by atoms with Crippen molar-refractivity contribution in [3.63, 3.8) is 0 Å². The molecule has 6 heteroatoms. The number of nitrogens with zero attached hydrogens (tertiary/aromatic N) is 2. The monoisotopic (exact) mass is 338 g/mol. The summed E-state index contributed by atoms with van der Waals surface area (Å²) in [7, 11) is 0. The van der Waals surface area contributed by atoms with Crippen LogP contribution in [0.2, 0.25) is 0 Å². The summed E-state index contributed by atoms with van der Waals surface area (Å²) in [4.78, 5) is 16.2. The highest BCUT2D eigenvalue weighted by Crippen LogP contribution is 2.25. The molecule has 0 atom stereocenters. The lowest BCUT2D eigenvalue weighted by atomic mass is 10.1. The quantitative estimate of drug-likeness (QED) is 0.625. The molecule has 1 aromatic carbocycles. The Labute approximate surface area is 146 Å². The number of benzene rings is 1. The molecule has 0 fully saturated rings. The van der Waals surface area contributed by atoms with Crippen molar-refractivity contribution in [2.75, 3.05) is 11.9 Å². The molecule has 2 heterocycles. The van der Waals surface area contributed by atoms with Crippen LogP contribution in [0.1, 0.15) is 23.9 Å². The number of aromatic hydroxyl groups is 1. The van der Waals surface area contributed by atoms with Crippen molar-refractivity contribution in [2.24, 2.45) is 0 Å². The molecule has 0 aliphatic heterocycles. The molecular formula is C19H22N4O2. The smallest absolute Gasteiger partial charge is 0.319 e. The van der Waals surface area contributed by atoms with Crippen molar-refractivity contribution < 1.29 is 9.90 Å². The Morgan fingerprint density at radius 3 is 2.80 bits per heavy atom. The second-order valence-electron chi connectivity index (χ2n) is 5.91. The van der Waals surface area contributed by atoms with Crippen LogP contribution >= 0.6 is 0 Å². The van der Waals surface area contributed by atoms with Gasteiger partial charge in [-0.05, 0) is 56.5 Å². The summed E-state index contributed by atoms with van der Waals surface area (Å²) in [5, 5.41) is 15.4. The standard InChI is InChI=1S/C19H22N4O2/c1-3-20-19(25)22-16-10-8-14(12-17(16)24)7-9-15-13(2)23-11-5-4-6-18(23)21-15/h4-6,8,10-12,24H,3,7,9H2,1-2H3,(H2,20,22,25). The number of rotatable bonds is 5. The van der Waals surface area contributed by atoms with Crippen molar-refractivity contribution in [2.45, 2.75) is 26.7 Å². The highest BCUT2D eigenvalue weighted by atomic mass is 16.3. The van der Waals surface area contributed by atoms with Gasteiger partial charge in [-0.1, -0.05) is 12.1 Å². The van der Waals surface area contributed by atoms with Crippen molar-refractivity contribution in [3.05, 3.63) is 59.5 Å². The first-order valence-corrected chi connectivity index (χ1v) is 8.37. The Morgan fingerprint density at radius 2 is 2.08 bits per heavy atom. The topological polar surface area (TPSA) is 78.7 Å². The van der Waals surface area contributed by atoms with Crippen molar-refractivity contribution >= 4 is 17.4 Å². The minimum Gasteiger partial charge on any atom is -0.506 e. The number of phenols is 1. The third-order valence-corrected chi connectivity index (χ3v) is 4.17. The molecule has 2 amide bonds. The van der Waals surface area contributed by atoms with E-state index in [4.69, 9.17) is 0 Å². The fourth-order valence-corrected chi connectivity index (χ4v) is 2.83. The predicted octanol–water partition coefficient (Wildman–Crippen LogP) is 3.27. The van der Waals surface area contributed by atoms with Gasteiger partial charge in [0, 0.05) is 18.4 Å². The van der Waals surface area contributed by atoms with Gasteiger partial charge in [-0.3, -0.25) is 0 Å². The molecule has 3 rings (SSSR count). The van der Waals surface area contributed by atoms with E-state index in [1.165, 1.54) is 0 Å². The molecule has 2 aromatic heterocycles. The summed E-state index contributed by atoms with van der Waals surface area (Å²) in [5.74, 6) is 0.0653. The van der Waals surface area contributed by atoms with Crippen molar-refractivity contribution in [1.82, 2.24) is 14.7 Å². The third-order valence-electron chi connectivity index (χ3n) is 4.17. The molecule has 25 heavy (non-hydrogen) atoms. The maximum atomic E-state index is 11.5. The fraction of sp³-hybridized carbons (Fsp3) is 0.263. The van der Waals surface area contributed by atoms with Crippen LogP contribution in [-0.4, -0.2) is 27.1 Å². The number of hydrogen-bond donors (Lipinski definition) is 3. The van der Waals surface area contributed by atoms with Gasteiger partial charge in [0.15, 0.2) is 0 Å². The van der Waals surface area contributed by atoms with Gasteiger partial charge < -0.3 is 20.1 Å². The van der Waals surface area contributed by atoms with Gasteiger partial charge in [-0.15, -0.1) is 0 Å². The lowest BCUT2D eigenvalue weighted by Crippen LogP contribution is -2.28. The minimum atomic E-state index is -0.328. The number of phenolic OH excluding ortho intramolecular Hbond substituents is 1. The number of anilines is 1. The first-order chi connectivity index (χ1) is 12.1. The van der Waals surface area contributed by atoms with Crippen LogP contribution in [0.4, 0.5) is 10.5 Å². The van der Waals surface area contributed by atoms with Gasteiger partial charge in [-0.25, -0.2) is 9.78 Å². The molecular weight excluding hydrogens is 316 g/mol. The molecule has 0 aliphatic carbocycles. The SMILES string of the molecule is CCNC(=O)Nc1ccc(CCc2nc3ccccn3c2C)cc1O. The number of amides is 2. The summed E-state index contributed by atoms with van der Waals surface area (Å²) < 4.78 is 2.08. The van der Waals surface area contributed by atoms with E-state index in [1.807, 2.05) is 37.4 Å². The molecule has 0 radical (unpaired) electrons. The Balaban J connectivity index is 1.69. The molecule has 0 aliphatic rings. The molecule has 3 N–H and O–H groups in total. The van der Waals surface area contributed by atoms with Gasteiger partial charge in [-0.2, -0.15) is 0 Å². The number of carbonyl (C=O) groups excluding carboxylic acids is 1. The zero-order valence-electron chi connectivity index (χ0n) is 14.4. The van der Waals surface area contributed by atoms with Crippen molar-refractivity contribution in [3.8, 4) is 5.75 Å². The zero-order chi connectivity index (χ0) is 17.8. The second-order valence-corrected chi connectivity index (χ2v) is 5.91. The largest absolute Gasteiger partial charge is 0.506 e. The Bertz CT molecular complexity index is 902. The van der Waals surface area contributed by atoms with Crippen LogP contribution in [0.3, 0.4) is 0 Å². The van der Waals surface area contributed by atoms with E-state index in [2.05, 4.69) is 26.9 Å². The first-order valence-electron chi connectivity index (χ1n) is 8.37. The number of fused-ring (bicyclic) bond motifs is 1. The molecule has 130 valence electrons. The van der Waals surface area contributed by atoms with E-state index < -0.39 is 0 Å². The fourth-order valence-electron chi connectivity index (χ4n) is 2.83. The number of pyridine rings is 1. The molecule has 0 bridgehead atoms. The van der Waals surface area contributed by atoms with E-state index in [9.17, 15) is 9.90 Å². The van der Waals surface area contributed by atoms with Crippen LogP contribution in [0.25, 0.3) is 5.65 Å². The summed E-state index contributed by atoms with van der Waals surface area (Å²) >= 11 is 0. The molecule has 0 spiro atoms. The summed E-state index contributed by atoms with van der Waals surface area (Å²) in [6.07, 6.45) is 3.56. The highest BCUT2D eigenvalue weighted by Gasteiger charge is 2.10. The highest BCUT2D eigenvalue weighted by molar-refractivity contribution is 5.90. The van der Waals surface area contributed by atoms with Gasteiger partial charge >= 0.3 is 6.03 Å². The molecule has 0 saturated carbocycles. The summed E-state index contributed by atoms with van der Waals surface area (Å²) in [6.45, 7) is 4.43. The molecule has 0 saturated heterocycles. The summed E-state index contributed by atoms with van der Waals surface area (Å²) in [6, 6.07) is 10.9. The van der Waals surface area contributed by atoms with Gasteiger partial charge in [0.05, 0.1) is 11.4 Å². The van der Waals surface area contributed by atoms with Gasteiger partial charge in [0.25, 0.3) is 0 Å². The van der Waals surface area contributed by atoms with E-state index in [0.717, 1.165) is 35.4 Å². The normalized spacial score (nSPS) is 10.8. The number of urea groups is 1. The number of carbonyl (C=O) groups is 1. The lowest BCUT2D eigenvalue weighted by molar-refractivity contribution is 0.252. The number of imidazole rings is 1. The number of hydrogen-bond acceptors (Lipinski definition) is 3. The number of aryl methyl sites for hydroxylation is 3. The second kappa shape index (κ2) is 7.25. The van der Waals surface area contributed by atoms with Crippen LogP contribution < -0.4 is 10.6 Å². The third kappa shape index (κ3) is 3.74. The Hall–Kier alpha value is -3.02. The van der Waals surface area contributed by atoms with E-state index in [0.29, 0.717) is 12.2 Å². The van der Waals surface area contributed by atoms with Crippen LogP contribution in [-0.2, 0) is 12.8 Å². The van der Waals surface area contributed by atoms with Gasteiger partial charge in [0.1, 0.15) is 11.4 Å². The first kappa shape index (κ1) is 16.8. The molecule has 6 nitrogen and oxygen atoms in total. The van der Waals surface area contributed by atoms with E-state index in [1.54, 1.807) is 12.1 Å². The predicted molar refractivity (Wildman–Crippen MR) is 98.1 cm³/mol. The number of nitrogens with one attached hydrogen (secondary N) is 2. The number of aromatic nitrogens is 2. The Kier molecular flexibility index (Phi) is 4.88. The molecule has 3 aromatic rings. The maximum Gasteiger partial charge on any atom is 0.319 e. The molecule has 0 unspecified atom stereocenters.